The Balaban J connectivity index is 2.57. The monoisotopic (exact) mass is 247 g/mol. The summed E-state index contributed by atoms with van der Waals surface area (Å²) in [6.07, 6.45) is 3.06. The number of nitrogens with zero attached hydrogens (tertiary/aromatic N) is 2. The van der Waals surface area contributed by atoms with Gasteiger partial charge in [-0.15, -0.1) is 11.6 Å². The van der Waals surface area contributed by atoms with Crippen LogP contribution in [0.3, 0.4) is 0 Å². The number of rotatable bonds is 4. The van der Waals surface area contributed by atoms with Gasteiger partial charge in [0, 0.05) is 0 Å². The molecule has 0 saturated heterocycles. The third-order valence-corrected chi connectivity index (χ3v) is 3.09. The van der Waals surface area contributed by atoms with Crippen LogP contribution < -0.4 is 0 Å². The van der Waals surface area contributed by atoms with E-state index in [0.717, 1.165) is 47.2 Å². The maximum absolute atomic E-state index is 9.13. The van der Waals surface area contributed by atoms with Crippen LogP contribution in [0.25, 0.3) is 11.0 Å². The zero-order valence-corrected chi connectivity index (χ0v) is 10.5. The fourth-order valence-corrected chi connectivity index (χ4v) is 2.08. The van der Waals surface area contributed by atoms with E-state index in [2.05, 4.69) is 23.0 Å². The average Bonchev–Trinajstić information content (AvgIpc) is 2.78. The van der Waals surface area contributed by atoms with Gasteiger partial charge < -0.3 is 4.98 Å². The summed E-state index contributed by atoms with van der Waals surface area (Å²) in [5.74, 6) is 1.12. The second-order valence-corrected chi connectivity index (χ2v) is 4.29. The van der Waals surface area contributed by atoms with Crippen LogP contribution in [0.15, 0.2) is 12.1 Å². The number of unbranched alkanes of at least 4 members (excludes halogenated alkanes) is 1. The van der Waals surface area contributed by atoms with Crippen molar-refractivity contribution < 1.29 is 0 Å². The molecular formula is C13H14ClN3. The van der Waals surface area contributed by atoms with Gasteiger partial charge in [-0.1, -0.05) is 13.3 Å². The summed E-state index contributed by atoms with van der Waals surface area (Å²) in [4.78, 5) is 7.61. The van der Waals surface area contributed by atoms with Crippen LogP contribution in [0.1, 0.15) is 36.7 Å². The molecule has 0 unspecified atom stereocenters. The molecule has 4 heteroatoms. The van der Waals surface area contributed by atoms with Gasteiger partial charge in [-0.2, -0.15) is 5.26 Å². The first kappa shape index (κ1) is 11.9. The lowest BCUT2D eigenvalue weighted by Gasteiger charge is -2.03. The van der Waals surface area contributed by atoms with Gasteiger partial charge in [-0.05, 0) is 30.5 Å². The van der Waals surface area contributed by atoms with Crippen LogP contribution in [0, 0.1) is 11.3 Å². The molecule has 0 aliphatic rings. The number of benzene rings is 1. The maximum Gasteiger partial charge on any atom is 0.122 e. The predicted molar refractivity (Wildman–Crippen MR) is 69.0 cm³/mol. The molecule has 2 aromatic rings. The molecule has 1 N–H and O–H groups in total. The molecular weight excluding hydrogens is 234 g/mol. The standard InChI is InChI=1S/C13H14ClN3/c1-2-3-4-10-9(8-15)5-6-11-13(10)17-12(7-14)16-11/h5-6H,2-4,7H2,1H3,(H,16,17). The molecule has 0 amide bonds. The predicted octanol–water partition coefficient (Wildman–Crippen LogP) is 3.52. The van der Waals surface area contributed by atoms with Crippen LogP contribution in [0.2, 0.25) is 0 Å². The van der Waals surface area contributed by atoms with E-state index >= 15 is 0 Å². The minimum absolute atomic E-state index is 0.365. The molecule has 1 aromatic heterocycles. The largest absolute Gasteiger partial charge is 0.341 e. The molecule has 17 heavy (non-hydrogen) atoms. The molecule has 0 aliphatic heterocycles. The minimum Gasteiger partial charge on any atom is -0.341 e. The number of aryl methyl sites for hydroxylation is 1. The molecule has 0 fully saturated rings. The number of imidazole rings is 1. The van der Waals surface area contributed by atoms with Crippen molar-refractivity contribution in [3.63, 3.8) is 0 Å². The van der Waals surface area contributed by atoms with Crippen LogP contribution in [-0.2, 0) is 12.3 Å². The molecule has 3 nitrogen and oxygen atoms in total. The maximum atomic E-state index is 9.13. The Morgan fingerprint density at radius 2 is 2.29 bits per heavy atom. The van der Waals surface area contributed by atoms with Gasteiger partial charge in [-0.3, -0.25) is 0 Å². The summed E-state index contributed by atoms with van der Waals surface area (Å²) in [5, 5.41) is 9.13. The Morgan fingerprint density at radius 3 is 2.94 bits per heavy atom. The quantitative estimate of drug-likeness (QED) is 0.841. The van der Waals surface area contributed by atoms with Crippen molar-refractivity contribution in [3.8, 4) is 6.07 Å². The number of H-pyrrole nitrogens is 1. The van der Waals surface area contributed by atoms with E-state index in [4.69, 9.17) is 16.9 Å². The fraction of sp³-hybridized carbons (Fsp3) is 0.385. The number of halogens is 1. The van der Waals surface area contributed by atoms with Gasteiger partial charge in [0.1, 0.15) is 5.82 Å². The van der Waals surface area contributed by atoms with E-state index < -0.39 is 0 Å². The lowest BCUT2D eigenvalue weighted by molar-refractivity contribution is 0.796. The Morgan fingerprint density at radius 1 is 1.47 bits per heavy atom. The summed E-state index contributed by atoms with van der Waals surface area (Å²) < 4.78 is 0. The van der Waals surface area contributed by atoms with Crippen molar-refractivity contribution in [1.82, 2.24) is 9.97 Å². The normalized spacial score (nSPS) is 10.6. The highest BCUT2D eigenvalue weighted by molar-refractivity contribution is 6.16. The minimum atomic E-state index is 0.365. The van der Waals surface area contributed by atoms with Gasteiger partial charge >= 0.3 is 0 Å². The first-order valence-corrected chi connectivity index (χ1v) is 6.30. The molecule has 2 rings (SSSR count). The lowest BCUT2D eigenvalue weighted by atomic mass is 10.0. The zero-order valence-electron chi connectivity index (χ0n) is 9.76. The summed E-state index contributed by atoms with van der Waals surface area (Å²) >= 11 is 5.77. The second-order valence-electron chi connectivity index (χ2n) is 4.02. The number of nitrogens with one attached hydrogen (secondary N) is 1. The molecule has 0 aliphatic carbocycles. The smallest absolute Gasteiger partial charge is 0.122 e. The van der Waals surface area contributed by atoms with Gasteiger partial charge in [-0.25, -0.2) is 4.98 Å². The number of nitriles is 1. The molecule has 0 spiro atoms. The first-order chi connectivity index (χ1) is 8.30. The van der Waals surface area contributed by atoms with Crippen LogP contribution in [-0.4, -0.2) is 9.97 Å². The summed E-state index contributed by atoms with van der Waals surface area (Å²) in [5.41, 5.74) is 3.62. The van der Waals surface area contributed by atoms with Crippen molar-refractivity contribution in [2.45, 2.75) is 32.1 Å². The molecule has 0 radical (unpaired) electrons. The third kappa shape index (κ3) is 2.27. The van der Waals surface area contributed by atoms with E-state index in [1.54, 1.807) is 0 Å². The van der Waals surface area contributed by atoms with E-state index in [1.165, 1.54) is 0 Å². The number of aromatic nitrogens is 2. The summed E-state index contributed by atoms with van der Waals surface area (Å²) in [6.45, 7) is 2.14. The summed E-state index contributed by atoms with van der Waals surface area (Å²) in [6, 6.07) is 5.98. The van der Waals surface area contributed by atoms with Crippen LogP contribution in [0.5, 0.6) is 0 Å². The Labute approximate surface area is 105 Å². The van der Waals surface area contributed by atoms with Crippen LogP contribution >= 0.6 is 11.6 Å². The Kier molecular flexibility index (Phi) is 3.65. The van der Waals surface area contributed by atoms with Gasteiger partial charge in [0.05, 0.1) is 28.5 Å². The van der Waals surface area contributed by atoms with Crippen LogP contribution in [0.4, 0.5) is 0 Å². The zero-order chi connectivity index (χ0) is 12.3. The second kappa shape index (κ2) is 5.20. The number of alkyl halides is 1. The van der Waals surface area contributed by atoms with E-state index in [-0.39, 0.29) is 0 Å². The molecule has 0 atom stereocenters. The molecule has 0 bridgehead atoms. The number of hydrogen-bond acceptors (Lipinski definition) is 2. The summed E-state index contributed by atoms with van der Waals surface area (Å²) in [7, 11) is 0. The SMILES string of the molecule is CCCCc1c(C#N)ccc2[nH]c(CCl)nc12. The number of fused-ring (bicyclic) bond motifs is 1. The van der Waals surface area contributed by atoms with Crippen molar-refractivity contribution in [3.05, 3.63) is 29.1 Å². The van der Waals surface area contributed by atoms with E-state index in [9.17, 15) is 0 Å². The van der Waals surface area contributed by atoms with Crippen molar-refractivity contribution in [2.24, 2.45) is 0 Å². The van der Waals surface area contributed by atoms with E-state index in [0.29, 0.717) is 5.88 Å². The van der Waals surface area contributed by atoms with Gasteiger partial charge in [0.15, 0.2) is 0 Å². The van der Waals surface area contributed by atoms with Gasteiger partial charge in [0.2, 0.25) is 0 Å². The van der Waals surface area contributed by atoms with Crippen molar-refractivity contribution in [1.29, 1.82) is 5.26 Å². The average molecular weight is 248 g/mol. The van der Waals surface area contributed by atoms with E-state index in [1.807, 2.05) is 12.1 Å². The molecule has 0 saturated carbocycles. The number of hydrogen-bond donors (Lipinski definition) is 1. The van der Waals surface area contributed by atoms with Crippen molar-refractivity contribution >= 4 is 22.6 Å². The molecule has 1 aromatic carbocycles. The Bertz CT molecular complexity index is 566. The highest BCUT2D eigenvalue weighted by Crippen LogP contribution is 2.22. The third-order valence-electron chi connectivity index (χ3n) is 2.84. The van der Waals surface area contributed by atoms with Crippen molar-refractivity contribution in [2.75, 3.05) is 0 Å². The molecule has 88 valence electrons. The Hall–Kier alpha value is -1.53. The highest BCUT2D eigenvalue weighted by Gasteiger charge is 2.11. The highest BCUT2D eigenvalue weighted by atomic mass is 35.5. The van der Waals surface area contributed by atoms with Gasteiger partial charge in [0.25, 0.3) is 0 Å². The fourth-order valence-electron chi connectivity index (χ4n) is 1.96. The topological polar surface area (TPSA) is 52.5 Å². The molecule has 1 heterocycles. The number of aromatic amines is 1. The first-order valence-electron chi connectivity index (χ1n) is 5.76. The lowest BCUT2D eigenvalue weighted by Crippen LogP contribution is -1.92.